The molecule has 4 unspecified atom stereocenters. The predicted molar refractivity (Wildman–Crippen MR) is 75.6 cm³/mol. The van der Waals surface area contributed by atoms with Crippen LogP contribution in [0.25, 0.3) is 0 Å². The van der Waals surface area contributed by atoms with E-state index >= 15 is 0 Å². The first-order chi connectivity index (χ1) is 8.72. The molecule has 0 aromatic rings. The van der Waals surface area contributed by atoms with Crippen molar-refractivity contribution in [1.29, 1.82) is 0 Å². The molecule has 18 heavy (non-hydrogen) atoms. The molecular weight excluding hydrogens is 224 g/mol. The Bertz CT molecular complexity index is 247. The molecule has 1 heterocycles. The molecule has 4 atom stereocenters. The smallest absolute Gasteiger partial charge is 0.0724 e. The zero-order valence-corrected chi connectivity index (χ0v) is 12.1. The first-order valence-electron chi connectivity index (χ1n) is 7.74. The first kappa shape index (κ1) is 14.3. The summed E-state index contributed by atoms with van der Waals surface area (Å²) in [7, 11) is 1.85. The highest BCUT2D eigenvalue weighted by atomic mass is 16.5. The minimum atomic E-state index is 0.371. The van der Waals surface area contributed by atoms with Crippen molar-refractivity contribution in [3.63, 3.8) is 0 Å². The SMILES string of the molecule is COC1CN(C2CCCCCCC2N)CCC1C. The number of hydrogen-bond acceptors (Lipinski definition) is 3. The van der Waals surface area contributed by atoms with Crippen LogP contribution in [0.5, 0.6) is 0 Å². The topological polar surface area (TPSA) is 38.5 Å². The second-order valence-corrected chi connectivity index (χ2v) is 6.26. The van der Waals surface area contributed by atoms with E-state index in [0.717, 1.165) is 6.54 Å². The van der Waals surface area contributed by atoms with Crippen molar-refractivity contribution in [3.05, 3.63) is 0 Å². The van der Waals surface area contributed by atoms with Crippen molar-refractivity contribution in [2.75, 3.05) is 20.2 Å². The molecule has 1 aliphatic carbocycles. The number of piperidine rings is 1. The van der Waals surface area contributed by atoms with E-state index < -0.39 is 0 Å². The summed E-state index contributed by atoms with van der Waals surface area (Å²) >= 11 is 0. The van der Waals surface area contributed by atoms with Crippen molar-refractivity contribution in [1.82, 2.24) is 4.90 Å². The summed E-state index contributed by atoms with van der Waals surface area (Å²) in [6, 6.07) is 0.965. The van der Waals surface area contributed by atoms with Crippen molar-refractivity contribution in [2.45, 2.75) is 70.1 Å². The predicted octanol–water partition coefficient (Wildman–Crippen LogP) is 2.39. The van der Waals surface area contributed by atoms with Gasteiger partial charge in [-0.2, -0.15) is 0 Å². The first-order valence-corrected chi connectivity index (χ1v) is 7.74. The van der Waals surface area contributed by atoms with Gasteiger partial charge >= 0.3 is 0 Å². The van der Waals surface area contributed by atoms with Crippen LogP contribution in [0.2, 0.25) is 0 Å². The molecule has 2 fully saturated rings. The zero-order valence-electron chi connectivity index (χ0n) is 12.1. The third-order valence-electron chi connectivity index (χ3n) is 4.97. The number of methoxy groups -OCH3 is 1. The van der Waals surface area contributed by atoms with Gasteiger partial charge in [-0.25, -0.2) is 0 Å². The molecular formula is C15H30N2O. The van der Waals surface area contributed by atoms with Crippen LogP contribution in [0.15, 0.2) is 0 Å². The van der Waals surface area contributed by atoms with E-state index in [9.17, 15) is 0 Å². The zero-order chi connectivity index (χ0) is 13.0. The summed E-state index contributed by atoms with van der Waals surface area (Å²) in [6.07, 6.45) is 9.57. The Kier molecular flexibility index (Phi) is 5.46. The molecule has 0 aromatic heterocycles. The molecule has 0 amide bonds. The lowest BCUT2D eigenvalue weighted by Crippen LogP contribution is -2.54. The van der Waals surface area contributed by atoms with Crippen molar-refractivity contribution in [3.8, 4) is 0 Å². The Balaban J connectivity index is 1.95. The van der Waals surface area contributed by atoms with Crippen LogP contribution in [0.3, 0.4) is 0 Å². The Morgan fingerprint density at radius 3 is 2.50 bits per heavy atom. The fraction of sp³-hybridized carbons (Fsp3) is 1.00. The molecule has 2 aliphatic rings. The maximum absolute atomic E-state index is 6.42. The van der Waals surface area contributed by atoms with Crippen LogP contribution in [0.1, 0.15) is 51.9 Å². The van der Waals surface area contributed by atoms with Crippen molar-refractivity contribution >= 4 is 0 Å². The van der Waals surface area contributed by atoms with Gasteiger partial charge in [0.2, 0.25) is 0 Å². The summed E-state index contributed by atoms with van der Waals surface area (Å²) in [5.41, 5.74) is 6.42. The molecule has 1 saturated heterocycles. The van der Waals surface area contributed by atoms with E-state index in [-0.39, 0.29) is 0 Å². The summed E-state index contributed by atoms with van der Waals surface area (Å²) < 4.78 is 5.63. The van der Waals surface area contributed by atoms with E-state index in [1.54, 1.807) is 0 Å². The molecule has 0 bridgehead atoms. The normalized spacial score (nSPS) is 40.2. The van der Waals surface area contributed by atoms with Crippen molar-refractivity contribution in [2.24, 2.45) is 11.7 Å². The Labute approximate surface area is 112 Å². The minimum absolute atomic E-state index is 0.371. The second-order valence-electron chi connectivity index (χ2n) is 6.26. The van der Waals surface area contributed by atoms with Gasteiger partial charge in [0.15, 0.2) is 0 Å². The Morgan fingerprint density at radius 2 is 1.78 bits per heavy atom. The molecule has 106 valence electrons. The third kappa shape index (κ3) is 3.46. The average molecular weight is 254 g/mol. The maximum atomic E-state index is 6.42. The second kappa shape index (κ2) is 6.88. The van der Waals surface area contributed by atoms with Gasteiger partial charge in [-0.3, -0.25) is 4.90 Å². The van der Waals surface area contributed by atoms with Gasteiger partial charge in [0.25, 0.3) is 0 Å². The quantitative estimate of drug-likeness (QED) is 0.822. The minimum Gasteiger partial charge on any atom is -0.380 e. The monoisotopic (exact) mass is 254 g/mol. The molecule has 1 aliphatic heterocycles. The standard InChI is InChI=1S/C15H30N2O/c1-12-9-10-17(11-15(12)18-2)14-8-6-4-3-5-7-13(14)16/h12-15H,3-11,16H2,1-2H3. The van der Waals surface area contributed by atoms with Crippen LogP contribution < -0.4 is 5.73 Å². The van der Waals surface area contributed by atoms with Gasteiger partial charge < -0.3 is 10.5 Å². The fourth-order valence-corrected chi connectivity index (χ4v) is 3.61. The van der Waals surface area contributed by atoms with E-state index in [1.165, 1.54) is 51.5 Å². The van der Waals surface area contributed by atoms with Crippen LogP contribution >= 0.6 is 0 Å². The van der Waals surface area contributed by atoms with E-state index in [4.69, 9.17) is 10.5 Å². The molecule has 0 radical (unpaired) electrons. The molecule has 0 aromatic carbocycles. The highest BCUT2D eigenvalue weighted by Gasteiger charge is 2.32. The van der Waals surface area contributed by atoms with Crippen LogP contribution in [-0.2, 0) is 4.74 Å². The molecule has 1 saturated carbocycles. The van der Waals surface area contributed by atoms with Crippen LogP contribution in [-0.4, -0.2) is 43.3 Å². The number of ether oxygens (including phenoxy) is 1. The number of hydrogen-bond donors (Lipinski definition) is 1. The van der Waals surface area contributed by atoms with E-state index in [0.29, 0.717) is 24.1 Å². The van der Waals surface area contributed by atoms with E-state index in [1.807, 2.05) is 7.11 Å². The lowest BCUT2D eigenvalue weighted by molar-refractivity contribution is -0.0253. The highest BCUT2D eigenvalue weighted by Crippen LogP contribution is 2.26. The Hall–Kier alpha value is -0.120. The van der Waals surface area contributed by atoms with Crippen molar-refractivity contribution < 1.29 is 4.74 Å². The third-order valence-corrected chi connectivity index (χ3v) is 4.97. The molecule has 2 N–H and O–H groups in total. The fourth-order valence-electron chi connectivity index (χ4n) is 3.61. The number of nitrogens with zero attached hydrogens (tertiary/aromatic N) is 1. The molecule has 0 spiro atoms. The Morgan fingerprint density at radius 1 is 1.06 bits per heavy atom. The maximum Gasteiger partial charge on any atom is 0.0724 e. The van der Waals surface area contributed by atoms with Gasteiger partial charge in [0.1, 0.15) is 0 Å². The van der Waals surface area contributed by atoms with Gasteiger partial charge in [0.05, 0.1) is 6.10 Å². The molecule has 3 nitrogen and oxygen atoms in total. The van der Waals surface area contributed by atoms with Gasteiger partial charge in [0, 0.05) is 25.7 Å². The largest absolute Gasteiger partial charge is 0.380 e. The average Bonchev–Trinajstić information content (AvgIpc) is 2.36. The van der Waals surface area contributed by atoms with Gasteiger partial charge in [-0.1, -0.05) is 32.6 Å². The molecule has 2 rings (SSSR count). The summed E-state index contributed by atoms with van der Waals surface area (Å²) in [5, 5.41) is 0. The summed E-state index contributed by atoms with van der Waals surface area (Å²) in [4.78, 5) is 2.62. The number of nitrogens with two attached hydrogens (primary N) is 1. The lowest BCUT2D eigenvalue weighted by Gasteiger charge is -2.43. The summed E-state index contributed by atoms with van der Waals surface area (Å²) in [5.74, 6) is 0.691. The number of likely N-dealkylation sites (tertiary alicyclic amines) is 1. The summed E-state index contributed by atoms with van der Waals surface area (Å²) in [6.45, 7) is 4.60. The molecule has 3 heteroatoms. The lowest BCUT2D eigenvalue weighted by atomic mass is 9.88. The highest BCUT2D eigenvalue weighted by molar-refractivity contribution is 4.89. The van der Waals surface area contributed by atoms with E-state index in [2.05, 4.69) is 11.8 Å². The van der Waals surface area contributed by atoms with Crippen LogP contribution in [0, 0.1) is 5.92 Å². The van der Waals surface area contributed by atoms with Crippen LogP contribution in [0.4, 0.5) is 0 Å². The van der Waals surface area contributed by atoms with Gasteiger partial charge in [-0.05, 0) is 31.7 Å². The van der Waals surface area contributed by atoms with Gasteiger partial charge in [-0.15, -0.1) is 0 Å². The number of rotatable bonds is 2.